The number of carbonyl (C=O) groups is 1. The number of ketones is 1. The van der Waals surface area contributed by atoms with Gasteiger partial charge in [0.15, 0.2) is 5.78 Å². The van der Waals surface area contributed by atoms with Crippen LogP contribution in [0.5, 0.6) is 0 Å². The second-order valence-electron chi connectivity index (χ2n) is 4.49. The highest BCUT2D eigenvalue weighted by atomic mass is 16.3. The monoisotopic (exact) mass is 267 g/mol. The van der Waals surface area contributed by atoms with Crippen molar-refractivity contribution >= 4 is 5.78 Å². The second-order valence-corrected chi connectivity index (χ2v) is 4.49. The van der Waals surface area contributed by atoms with Crippen LogP contribution < -0.4 is 5.32 Å². The van der Waals surface area contributed by atoms with E-state index in [1.165, 1.54) is 0 Å². The number of terminal acetylenes is 1. The fourth-order valence-corrected chi connectivity index (χ4v) is 1.49. The topological polar surface area (TPSA) is 49.3 Å². The van der Waals surface area contributed by atoms with Gasteiger partial charge in [-0.2, -0.15) is 0 Å². The van der Waals surface area contributed by atoms with Crippen LogP contribution in [0.4, 0.5) is 0 Å². The van der Waals surface area contributed by atoms with Crippen LogP contribution in [-0.2, 0) is 4.79 Å². The van der Waals surface area contributed by atoms with Crippen LogP contribution in [0.25, 0.3) is 0 Å². The van der Waals surface area contributed by atoms with E-state index in [1.807, 2.05) is 20.8 Å². The molecule has 1 heterocycles. The minimum absolute atomic E-state index is 0.0648. The minimum Gasteiger partial charge on any atom is -0.393 e. The van der Waals surface area contributed by atoms with Crippen LogP contribution in [0.15, 0.2) is 11.6 Å². The van der Waals surface area contributed by atoms with Crippen LogP contribution in [0.3, 0.4) is 0 Å². The highest BCUT2D eigenvalue weighted by molar-refractivity contribution is 5.95. The Hall–Kier alpha value is -1.11. The molecule has 0 saturated heterocycles. The third kappa shape index (κ3) is 10.5. The average Bonchev–Trinajstić information content (AvgIpc) is 2.49. The van der Waals surface area contributed by atoms with Gasteiger partial charge in [0, 0.05) is 24.6 Å². The van der Waals surface area contributed by atoms with Crippen LogP contribution in [0, 0.1) is 12.8 Å². The molecule has 0 spiro atoms. The third-order valence-electron chi connectivity index (χ3n) is 2.98. The van der Waals surface area contributed by atoms with E-state index in [-0.39, 0.29) is 11.9 Å². The molecule has 0 aliphatic carbocycles. The molecule has 3 heteroatoms. The van der Waals surface area contributed by atoms with Gasteiger partial charge in [-0.05, 0) is 26.2 Å². The number of aliphatic hydroxyl groups is 1. The number of rotatable bonds is 4. The van der Waals surface area contributed by atoms with Gasteiger partial charge in [-0.15, -0.1) is 12.8 Å². The third-order valence-corrected chi connectivity index (χ3v) is 2.98. The normalized spacial score (nSPS) is 17.5. The molecule has 0 aromatic carbocycles. The van der Waals surface area contributed by atoms with Crippen LogP contribution in [0.1, 0.15) is 53.4 Å². The summed E-state index contributed by atoms with van der Waals surface area (Å²) in [6.45, 7) is 8.75. The maximum absolute atomic E-state index is 11.2. The Morgan fingerprint density at radius 1 is 1.42 bits per heavy atom. The first-order chi connectivity index (χ1) is 9.04. The molecule has 0 radical (unpaired) electrons. The van der Waals surface area contributed by atoms with Crippen molar-refractivity contribution in [2.24, 2.45) is 0 Å². The molecule has 1 aliphatic heterocycles. The number of aliphatic hydroxyl groups excluding tert-OH is 1. The average molecular weight is 267 g/mol. The van der Waals surface area contributed by atoms with Crippen molar-refractivity contribution in [3.63, 3.8) is 0 Å². The Bertz CT molecular complexity index is 278. The summed E-state index contributed by atoms with van der Waals surface area (Å²) >= 11 is 0. The van der Waals surface area contributed by atoms with Gasteiger partial charge in [0.05, 0.1) is 6.10 Å². The lowest BCUT2D eigenvalue weighted by Gasteiger charge is -2.18. The SMILES string of the molecule is C#C.CCC(=O)C1=CC[C@@H](C)NC1.CCC(O)CC. The molecule has 1 aliphatic rings. The highest BCUT2D eigenvalue weighted by Gasteiger charge is 2.12. The molecule has 1 rings (SSSR count). The Morgan fingerprint density at radius 2 is 1.95 bits per heavy atom. The molecule has 2 N–H and O–H groups in total. The molecule has 0 amide bonds. The summed E-state index contributed by atoms with van der Waals surface area (Å²) in [7, 11) is 0. The zero-order valence-corrected chi connectivity index (χ0v) is 12.8. The molecular weight excluding hydrogens is 238 g/mol. The van der Waals surface area contributed by atoms with Gasteiger partial charge >= 0.3 is 0 Å². The lowest BCUT2D eigenvalue weighted by atomic mass is 10.0. The predicted octanol–water partition coefficient (Wildman–Crippen LogP) is 2.69. The molecule has 0 saturated carbocycles. The molecule has 0 aromatic rings. The van der Waals surface area contributed by atoms with E-state index in [0.717, 1.165) is 31.4 Å². The Morgan fingerprint density at radius 3 is 2.21 bits per heavy atom. The molecule has 0 aromatic heterocycles. The van der Waals surface area contributed by atoms with Crippen molar-refractivity contribution in [2.45, 2.75) is 65.5 Å². The Kier molecular flexibility index (Phi) is 14.2. The quantitative estimate of drug-likeness (QED) is 0.770. The summed E-state index contributed by atoms with van der Waals surface area (Å²) in [6.07, 6.45) is 13.4. The van der Waals surface area contributed by atoms with Crippen molar-refractivity contribution in [1.82, 2.24) is 5.32 Å². The van der Waals surface area contributed by atoms with Crippen LogP contribution in [0.2, 0.25) is 0 Å². The van der Waals surface area contributed by atoms with Gasteiger partial charge in [-0.25, -0.2) is 0 Å². The minimum atomic E-state index is -0.0648. The number of nitrogens with one attached hydrogen (secondary N) is 1. The summed E-state index contributed by atoms with van der Waals surface area (Å²) in [5, 5.41) is 11.9. The van der Waals surface area contributed by atoms with E-state index >= 15 is 0 Å². The van der Waals surface area contributed by atoms with E-state index < -0.39 is 0 Å². The van der Waals surface area contributed by atoms with Gasteiger partial charge in [0.2, 0.25) is 0 Å². The van der Waals surface area contributed by atoms with E-state index in [0.29, 0.717) is 12.5 Å². The molecule has 0 unspecified atom stereocenters. The summed E-state index contributed by atoms with van der Waals surface area (Å²) in [4.78, 5) is 11.2. The maximum Gasteiger partial charge on any atom is 0.159 e. The zero-order valence-electron chi connectivity index (χ0n) is 12.8. The van der Waals surface area contributed by atoms with Crippen molar-refractivity contribution < 1.29 is 9.90 Å². The number of Topliss-reactive ketones (excluding diaryl/α,β-unsaturated/α-hetero) is 1. The molecule has 0 fully saturated rings. The fourth-order valence-electron chi connectivity index (χ4n) is 1.49. The van der Waals surface area contributed by atoms with E-state index in [9.17, 15) is 4.79 Å². The summed E-state index contributed by atoms with van der Waals surface area (Å²) < 4.78 is 0. The fraction of sp³-hybridized carbons (Fsp3) is 0.688. The van der Waals surface area contributed by atoms with Crippen LogP contribution >= 0.6 is 0 Å². The Balaban J connectivity index is 0. The predicted molar refractivity (Wildman–Crippen MR) is 81.9 cm³/mol. The van der Waals surface area contributed by atoms with E-state index in [1.54, 1.807) is 0 Å². The van der Waals surface area contributed by atoms with Crippen molar-refractivity contribution in [2.75, 3.05) is 6.54 Å². The first-order valence-electron chi connectivity index (χ1n) is 7.02. The summed E-state index contributed by atoms with van der Waals surface area (Å²) in [5.41, 5.74) is 0.964. The molecule has 110 valence electrons. The van der Waals surface area contributed by atoms with E-state index in [4.69, 9.17) is 5.11 Å². The second kappa shape index (κ2) is 13.3. The summed E-state index contributed by atoms with van der Waals surface area (Å²) in [6, 6.07) is 0.531. The molecule has 0 bridgehead atoms. The van der Waals surface area contributed by atoms with Gasteiger partial charge in [-0.1, -0.05) is 26.8 Å². The standard InChI is InChI=1S/C9H15NO.C5H12O.C2H2/c1-3-9(11)8-5-4-7(2)10-6-8;1-3-5(6)4-2;1-2/h5,7,10H,3-4,6H2,1-2H3;5-6H,3-4H2,1-2H3;1-2H/t7-;;/m1../s1. The summed E-state index contributed by atoms with van der Waals surface area (Å²) in [5.74, 6) is 0.282. The van der Waals surface area contributed by atoms with Crippen LogP contribution in [-0.4, -0.2) is 29.6 Å². The Labute approximate surface area is 118 Å². The van der Waals surface area contributed by atoms with Crippen molar-refractivity contribution in [1.29, 1.82) is 0 Å². The van der Waals surface area contributed by atoms with E-state index in [2.05, 4.69) is 31.2 Å². The van der Waals surface area contributed by atoms with Gasteiger partial charge in [-0.3, -0.25) is 4.79 Å². The molecule has 3 nitrogen and oxygen atoms in total. The lowest BCUT2D eigenvalue weighted by Crippen LogP contribution is -2.33. The first kappa shape index (κ1) is 20.2. The first-order valence-corrected chi connectivity index (χ1v) is 7.02. The number of hydrogen-bond acceptors (Lipinski definition) is 3. The molecular formula is C16H29NO2. The number of hydrogen-bond donors (Lipinski definition) is 2. The molecule has 1 atom stereocenters. The van der Waals surface area contributed by atoms with Gasteiger partial charge in [0.25, 0.3) is 0 Å². The number of carbonyl (C=O) groups excluding carboxylic acids is 1. The zero-order chi connectivity index (χ0) is 15.3. The van der Waals surface area contributed by atoms with Gasteiger partial charge < -0.3 is 10.4 Å². The smallest absolute Gasteiger partial charge is 0.159 e. The highest BCUT2D eigenvalue weighted by Crippen LogP contribution is 2.08. The molecule has 19 heavy (non-hydrogen) atoms. The largest absolute Gasteiger partial charge is 0.393 e. The van der Waals surface area contributed by atoms with Gasteiger partial charge in [0.1, 0.15) is 0 Å². The lowest BCUT2D eigenvalue weighted by molar-refractivity contribution is -0.115. The van der Waals surface area contributed by atoms with Crippen molar-refractivity contribution in [3.05, 3.63) is 11.6 Å². The van der Waals surface area contributed by atoms with Crippen molar-refractivity contribution in [3.8, 4) is 12.8 Å². The maximum atomic E-state index is 11.2.